The fraction of sp³-hybridized carbons (Fsp3) is 0.938. The molecule has 7 nitrogen and oxygen atoms in total. The first kappa shape index (κ1) is 22.5. The highest BCUT2D eigenvalue weighted by Crippen LogP contribution is 2.41. The van der Waals surface area contributed by atoms with E-state index in [-0.39, 0.29) is 13.2 Å². The summed E-state index contributed by atoms with van der Waals surface area (Å²) in [5.41, 5.74) is 0. The fourth-order valence-electron chi connectivity index (χ4n) is 3.30. The molecule has 25 heavy (non-hydrogen) atoms. The van der Waals surface area contributed by atoms with Gasteiger partial charge in [0.1, 0.15) is 12.5 Å². The van der Waals surface area contributed by atoms with Crippen molar-refractivity contribution in [2.45, 2.75) is 57.7 Å². The molecule has 1 rings (SSSR count). The van der Waals surface area contributed by atoms with Gasteiger partial charge in [0.25, 0.3) is 10.1 Å². The van der Waals surface area contributed by atoms with Crippen LogP contribution in [0.25, 0.3) is 0 Å². The van der Waals surface area contributed by atoms with Crippen molar-refractivity contribution in [1.29, 1.82) is 0 Å². The SMILES string of the molecule is CCOC(=O)C(CC1CCCCC1)C(COS(C)(=O)=O)(OCC)[PH+]=O. The standard InChI is InChI=1S/C16H29O7PS/c1-4-21-15(17)14(11-13-9-7-6-8-10-13)16(24-18,22-5-2)12-23-25(3,19)20/h13-14H,4-12H2,1-3H3/p+1. The summed E-state index contributed by atoms with van der Waals surface area (Å²) in [6.45, 7) is 3.32. The molecule has 0 radical (unpaired) electrons. The van der Waals surface area contributed by atoms with Crippen molar-refractivity contribution in [2.75, 3.05) is 26.1 Å². The van der Waals surface area contributed by atoms with E-state index >= 15 is 0 Å². The van der Waals surface area contributed by atoms with E-state index in [4.69, 9.17) is 13.7 Å². The molecule has 0 aromatic carbocycles. The molecule has 0 aromatic rings. The van der Waals surface area contributed by atoms with Crippen LogP contribution in [-0.2, 0) is 33.1 Å². The normalized spacial score (nSPS) is 20.1. The maximum atomic E-state index is 12.6. The zero-order valence-electron chi connectivity index (χ0n) is 15.3. The Kier molecular flexibility index (Phi) is 9.49. The summed E-state index contributed by atoms with van der Waals surface area (Å²) in [7, 11) is -4.81. The number of hydrogen-bond donors (Lipinski definition) is 0. The third kappa shape index (κ3) is 7.29. The van der Waals surface area contributed by atoms with Gasteiger partial charge in [-0.2, -0.15) is 8.42 Å². The van der Waals surface area contributed by atoms with E-state index in [0.717, 1.165) is 31.9 Å². The molecule has 1 aliphatic rings. The van der Waals surface area contributed by atoms with Crippen LogP contribution < -0.4 is 0 Å². The van der Waals surface area contributed by atoms with Gasteiger partial charge >= 0.3 is 19.8 Å². The molecule has 1 fully saturated rings. The number of carbonyl (C=O) groups excluding carboxylic acids is 1. The van der Waals surface area contributed by atoms with Crippen LogP contribution in [-0.4, -0.2) is 45.8 Å². The molecule has 1 aliphatic carbocycles. The van der Waals surface area contributed by atoms with Crippen molar-refractivity contribution < 1.29 is 31.4 Å². The summed E-state index contributed by atoms with van der Waals surface area (Å²) < 4.78 is 50.6. The van der Waals surface area contributed by atoms with Crippen molar-refractivity contribution in [3.05, 3.63) is 0 Å². The van der Waals surface area contributed by atoms with Gasteiger partial charge in [0.2, 0.25) is 0 Å². The van der Waals surface area contributed by atoms with E-state index in [2.05, 4.69) is 0 Å². The molecule has 0 saturated heterocycles. The van der Waals surface area contributed by atoms with Crippen LogP contribution in [0.1, 0.15) is 52.4 Å². The zero-order chi connectivity index (χ0) is 18.9. The second-order valence-corrected chi connectivity index (χ2v) is 9.13. The molecule has 0 heterocycles. The highest BCUT2D eigenvalue weighted by Gasteiger charge is 2.54. The lowest BCUT2D eigenvalue weighted by molar-refractivity contribution is -0.159. The second kappa shape index (κ2) is 10.6. The first-order chi connectivity index (χ1) is 11.8. The van der Waals surface area contributed by atoms with E-state index in [1.54, 1.807) is 13.8 Å². The smallest absolute Gasteiger partial charge is 0.363 e. The molecule has 0 aliphatic heterocycles. The highest BCUT2D eigenvalue weighted by atomic mass is 32.2. The number of ether oxygens (including phenoxy) is 2. The third-order valence-corrected chi connectivity index (χ3v) is 6.02. The third-order valence-electron chi connectivity index (χ3n) is 4.49. The second-order valence-electron chi connectivity index (χ2n) is 6.44. The minimum absolute atomic E-state index is 0.183. The van der Waals surface area contributed by atoms with Crippen molar-refractivity contribution >= 4 is 24.5 Å². The summed E-state index contributed by atoms with van der Waals surface area (Å²) in [6.07, 6.45) is 6.74. The summed E-state index contributed by atoms with van der Waals surface area (Å²) in [6, 6.07) is 0. The Morgan fingerprint density at radius 2 is 1.84 bits per heavy atom. The molecule has 0 spiro atoms. The van der Waals surface area contributed by atoms with E-state index < -0.39 is 42.4 Å². The number of hydrogen-bond acceptors (Lipinski definition) is 7. The van der Waals surface area contributed by atoms with Gasteiger partial charge < -0.3 is 9.47 Å². The number of rotatable bonds is 11. The van der Waals surface area contributed by atoms with E-state index in [1.165, 1.54) is 6.42 Å². The lowest BCUT2D eigenvalue weighted by Gasteiger charge is -2.31. The molecule has 0 amide bonds. The first-order valence-corrected chi connectivity index (χ1v) is 11.5. The Hall–Kier alpha value is -0.560. The van der Waals surface area contributed by atoms with Gasteiger partial charge in [-0.15, -0.1) is 0 Å². The molecular formula is C16H30O7PS+. The summed E-state index contributed by atoms with van der Waals surface area (Å²) >= 11 is 0. The maximum Gasteiger partial charge on any atom is 0.363 e. The molecule has 3 atom stereocenters. The molecular weight excluding hydrogens is 367 g/mol. The Balaban J connectivity index is 3.10. The topological polar surface area (TPSA) is 96.0 Å². The average molecular weight is 397 g/mol. The molecule has 146 valence electrons. The van der Waals surface area contributed by atoms with Gasteiger partial charge in [0.05, 0.1) is 12.9 Å². The van der Waals surface area contributed by atoms with Gasteiger partial charge in [0, 0.05) is 6.61 Å². The van der Waals surface area contributed by atoms with Crippen molar-refractivity contribution in [1.82, 2.24) is 0 Å². The summed E-state index contributed by atoms with van der Waals surface area (Å²) in [5, 5.41) is -1.51. The van der Waals surface area contributed by atoms with Crippen LogP contribution >= 0.6 is 8.46 Å². The summed E-state index contributed by atoms with van der Waals surface area (Å²) in [5.74, 6) is -1.03. The van der Waals surface area contributed by atoms with Crippen LogP contribution in [0.4, 0.5) is 0 Å². The monoisotopic (exact) mass is 397 g/mol. The summed E-state index contributed by atoms with van der Waals surface area (Å²) in [4.78, 5) is 12.6. The van der Waals surface area contributed by atoms with Crippen molar-refractivity contribution in [2.24, 2.45) is 11.8 Å². The highest BCUT2D eigenvalue weighted by molar-refractivity contribution is 7.86. The largest absolute Gasteiger partial charge is 0.466 e. The fourth-order valence-corrected chi connectivity index (χ4v) is 4.51. The van der Waals surface area contributed by atoms with Crippen molar-refractivity contribution in [3.8, 4) is 0 Å². The lowest BCUT2D eigenvalue weighted by Crippen LogP contribution is -2.46. The number of carbonyl (C=O) groups is 1. The quantitative estimate of drug-likeness (QED) is 0.300. The number of esters is 1. The Morgan fingerprint density at radius 1 is 1.20 bits per heavy atom. The first-order valence-electron chi connectivity index (χ1n) is 8.82. The molecule has 0 N–H and O–H groups in total. The minimum atomic E-state index is -3.76. The van der Waals surface area contributed by atoms with E-state index in [1.807, 2.05) is 0 Å². The van der Waals surface area contributed by atoms with Crippen molar-refractivity contribution in [3.63, 3.8) is 0 Å². The van der Waals surface area contributed by atoms with E-state index in [9.17, 15) is 17.8 Å². The van der Waals surface area contributed by atoms with Gasteiger partial charge in [-0.05, 0) is 26.2 Å². The van der Waals surface area contributed by atoms with Gasteiger partial charge in [-0.25, -0.2) is 0 Å². The van der Waals surface area contributed by atoms with Crippen LogP contribution in [0, 0.1) is 11.8 Å². The minimum Gasteiger partial charge on any atom is -0.466 e. The lowest BCUT2D eigenvalue weighted by atomic mass is 9.81. The Morgan fingerprint density at radius 3 is 2.32 bits per heavy atom. The van der Waals surface area contributed by atoms with Crippen LogP contribution in [0.5, 0.6) is 0 Å². The molecule has 0 bridgehead atoms. The van der Waals surface area contributed by atoms with E-state index in [0.29, 0.717) is 12.3 Å². The maximum absolute atomic E-state index is 12.6. The molecule has 1 saturated carbocycles. The van der Waals surface area contributed by atoms with Crippen LogP contribution in [0.3, 0.4) is 0 Å². The molecule has 0 aromatic heterocycles. The van der Waals surface area contributed by atoms with Crippen LogP contribution in [0.2, 0.25) is 0 Å². The zero-order valence-corrected chi connectivity index (χ0v) is 17.1. The molecule has 3 unspecified atom stereocenters. The molecule has 9 heteroatoms. The Bertz CT molecular complexity index is 531. The Labute approximate surface area is 152 Å². The van der Waals surface area contributed by atoms with Crippen LogP contribution in [0.15, 0.2) is 0 Å². The van der Waals surface area contributed by atoms with Gasteiger partial charge in [0.15, 0.2) is 0 Å². The predicted molar refractivity (Wildman–Crippen MR) is 95.5 cm³/mol. The predicted octanol–water partition coefficient (Wildman–Crippen LogP) is 2.87. The average Bonchev–Trinajstić information content (AvgIpc) is 2.57. The van der Waals surface area contributed by atoms with Gasteiger partial charge in [-0.1, -0.05) is 36.7 Å². The van der Waals surface area contributed by atoms with Gasteiger partial charge in [-0.3, -0.25) is 8.98 Å².